The quantitative estimate of drug-likeness (QED) is 0.538. The summed E-state index contributed by atoms with van der Waals surface area (Å²) >= 11 is 0. The maximum atomic E-state index is 10.9. The Bertz CT molecular complexity index is 247. The van der Waals surface area contributed by atoms with Crippen LogP contribution < -0.4 is 0 Å². The van der Waals surface area contributed by atoms with Gasteiger partial charge in [-0.1, -0.05) is 0 Å². The summed E-state index contributed by atoms with van der Waals surface area (Å²) in [5, 5.41) is 5.09. The largest absolute Gasteiger partial charge is 0.469 e. The zero-order chi connectivity index (χ0) is 9.14. The minimum atomic E-state index is -0.364. The molecule has 0 saturated heterocycles. The van der Waals surface area contributed by atoms with Crippen molar-refractivity contribution in [3.63, 3.8) is 0 Å². The SMILES string of the molecule is COC(=O)CC1=NN(C)C(=O)C1. The molecule has 66 valence electrons. The molecule has 0 bridgehead atoms. The Morgan fingerprint density at radius 1 is 1.75 bits per heavy atom. The first kappa shape index (κ1) is 8.70. The van der Waals surface area contributed by atoms with Crippen LogP contribution >= 0.6 is 0 Å². The lowest BCUT2D eigenvalue weighted by Crippen LogP contribution is -2.14. The maximum absolute atomic E-state index is 10.9. The number of methoxy groups -OCH3 is 1. The van der Waals surface area contributed by atoms with E-state index >= 15 is 0 Å². The van der Waals surface area contributed by atoms with E-state index in [-0.39, 0.29) is 24.7 Å². The van der Waals surface area contributed by atoms with Crippen molar-refractivity contribution >= 4 is 17.6 Å². The fourth-order valence-electron chi connectivity index (χ4n) is 0.929. The van der Waals surface area contributed by atoms with Gasteiger partial charge < -0.3 is 4.74 Å². The topological polar surface area (TPSA) is 59.0 Å². The molecule has 0 saturated carbocycles. The van der Waals surface area contributed by atoms with Crippen molar-refractivity contribution < 1.29 is 14.3 Å². The molecule has 1 aliphatic rings. The number of rotatable bonds is 2. The van der Waals surface area contributed by atoms with E-state index in [1.807, 2.05) is 0 Å². The number of carbonyl (C=O) groups excluding carboxylic acids is 2. The number of nitrogens with zero attached hydrogens (tertiary/aromatic N) is 2. The van der Waals surface area contributed by atoms with Crippen LogP contribution in [0.15, 0.2) is 5.10 Å². The first-order valence-corrected chi connectivity index (χ1v) is 3.53. The minimum absolute atomic E-state index is 0.0890. The summed E-state index contributed by atoms with van der Waals surface area (Å²) in [5.74, 6) is -0.453. The van der Waals surface area contributed by atoms with Crippen LogP contribution in [0.5, 0.6) is 0 Å². The van der Waals surface area contributed by atoms with Crippen molar-refractivity contribution in [1.29, 1.82) is 0 Å². The average molecular weight is 170 g/mol. The van der Waals surface area contributed by atoms with Crippen molar-refractivity contribution in [1.82, 2.24) is 5.01 Å². The lowest BCUT2D eigenvalue weighted by molar-refractivity contribution is -0.139. The van der Waals surface area contributed by atoms with Gasteiger partial charge in [-0.05, 0) is 0 Å². The smallest absolute Gasteiger partial charge is 0.311 e. The molecule has 0 atom stereocenters. The molecule has 0 fully saturated rings. The van der Waals surface area contributed by atoms with Crippen LogP contribution in [0, 0.1) is 0 Å². The van der Waals surface area contributed by atoms with Gasteiger partial charge in [-0.3, -0.25) is 9.59 Å². The zero-order valence-corrected chi connectivity index (χ0v) is 7.03. The Kier molecular flexibility index (Phi) is 2.42. The van der Waals surface area contributed by atoms with Gasteiger partial charge in [0.2, 0.25) is 5.91 Å². The number of ether oxygens (including phenoxy) is 1. The monoisotopic (exact) mass is 170 g/mol. The molecule has 0 spiro atoms. The normalized spacial score (nSPS) is 16.3. The molecule has 0 aromatic rings. The second-order valence-electron chi connectivity index (χ2n) is 2.51. The van der Waals surface area contributed by atoms with E-state index in [0.29, 0.717) is 5.71 Å². The van der Waals surface area contributed by atoms with E-state index < -0.39 is 0 Å². The van der Waals surface area contributed by atoms with Crippen molar-refractivity contribution in [3.8, 4) is 0 Å². The Morgan fingerprint density at radius 3 is 2.83 bits per heavy atom. The highest BCUT2D eigenvalue weighted by Gasteiger charge is 2.22. The Hall–Kier alpha value is -1.39. The summed E-state index contributed by atoms with van der Waals surface area (Å²) in [4.78, 5) is 21.7. The molecule has 0 unspecified atom stereocenters. The number of hydrogen-bond donors (Lipinski definition) is 0. The number of amides is 1. The van der Waals surface area contributed by atoms with Crippen LogP contribution in [0.25, 0.3) is 0 Å². The molecule has 1 rings (SSSR count). The summed E-state index contributed by atoms with van der Waals surface area (Å²) < 4.78 is 4.43. The molecule has 1 amide bonds. The van der Waals surface area contributed by atoms with E-state index in [1.165, 1.54) is 12.1 Å². The van der Waals surface area contributed by atoms with Crippen LogP contribution in [0.1, 0.15) is 12.8 Å². The number of hydrogen-bond acceptors (Lipinski definition) is 4. The van der Waals surface area contributed by atoms with E-state index in [0.717, 1.165) is 0 Å². The van der Waals surface area contributed by atoms with Gasteiger partial charge in [0.05, 0.1) is 25.7 Å². The highest BCUT2D eigenvalue weighted by atomic mass is 16.5. The van der Waals surface area contributed by atoms with Crippen LogP contribution in [0.4, 0.5) is 0 Å². The average Bonchev–Trinajstić information content (AvgIpc) is 2.31. The second kappa shape index (κ2) is 3.34. The molecule has 12 heavy (non-hydrogen) atoms. The highest BCUT2D eigenvalue weighted by Crippen LogP contribution is 2.08. The van der Waals surface area contributed by atoms with Gasteiger partial charge in [-0.25, -0.2) is 5.01 Å². The van der Waals surface area contributed by atoms with Crippen LogP contribution in [0.3, 0.4) is 0 Å². The summed E-state index contributed by atoms with van der Waals surface area (Å²) in [6.07, 6.45) is 0.332. The summed E-state index contributed by atoms with van der Waals surface area (Å²) in [6, 6.07) is 0. The molecule has 0 aromatic carbocycles. The molecule has 1 aliphatic heterocycles. The molecular weight excluding hydrogens is 160 g/mol. The second-order valence-corrected chi connectivity index (χ2v) is 2.51. The van der Waals surface area contributed by atoms with Crippen LogP contribution in [-0.2, 0) is 14.3 Å². The fourth-order valence-corrected chi connectivity index (χ4v) is 0.929. The predicted molar refractivity (Wildman–Crippen MR) is 41.5 cm³/mol. The lowest BCUT2D eigenvalue weighted by Gasteiger charge is -1.99. The number of esters is 1. The van der Waals surface area contributed by atoms with Gasteiger partial charge in [0.15, 0.2) is 0 Å². The van der Waals surface area contributed by atoms with Gasteiger partial charge in [-0.15, -0.1) is 0 Å². The molecular formula is C7H10N2O3. The van der Waals surface area contributed by atoms with E-state index in [4.69, 9.17) is 0 Å². The summed E-state index contributed by atoms with van der Waals surface area (Å²) in [6.45, 7) is 0. The highest BCUT2D eigenvalue weighted by molar-refractivity contribution is 6.10. The van der Waals surface area contributed by atoms with Crippen molar-refractivity contribution in [2.45, 2.75) is 12.8 Å². The van der Waals surface area contributed by atoms with Crippen LogP contribution in [0.2, 0.25) is 0 Å². The Balaban J connectivity index is 2.51. The Labute approximate surface area is 70.0 Å². The van der Waals surface area contributed by atoms with Crippen molar-refractivity contribution in [2.24, 2.45) is 5.10 Å². The molecule has 5 heteroatoms. The molecule has 0 N–H and O–H groups in total. The fraction of sp³-hybridized carbons (Fsp3) is 0.571. The van der Waals surface area contributed by atoms with E-state index in [1.54, 1.807) is 7.05 Å². The summed E-state index contributed by atoms with van der Waals surface area (Å²) in [7, 11) is 2.87. The third-order valence-electron chi connectivity index (χ3n) is 1.58. The summed E-state index contributed by atoms with van der Waals surface area (Å²) in [5.41, 5.74) is 0.564. The van der Waals surface area contributed by atoms with E-state index in [9.17, 15) is 9.59 Å². The van der Waals surface area contributed by atoms with Gasteiger partial charge >= 0.3 is 5.97 Å². The molecule has 0 radical (unpaired) electrons. The predicted octanol–water partition coefficient (Wildman–Crippen LogP) is -0.232. The molecule has 1 heterocycles. The first-order valence-electron chi connectivity index (χ1n) is 3.53. The third-order valence-corrected chi connectivity index (χ3v) is 1.58. The first-order chi connectivity index (χ1) is 5.63. The van der Waals surface area contributed by atoms with Gasteiger partial charge in [0, 0.05) is 7.05 Å². The molecule has 5 nitrogen and oxygen atoms in total. The zero-order valence-electron chi connectivity index (χ0n) is 7.03. The van der Waals surface area contributed by atoms with Gasteiger partial charge in [-0.2, -0.15) is 5.10 Å². The third kappa shape index (κ3) is 1.81. The van der Waals surface area contributed by atoms with Crippen LogP contribution in [-0.4, -0.2) is 36.8 Å². The molecule has 0 aliphatic carbocycles. The van der Waals surface area contributed by atoms with E-state index in [2.05, 4.69) is 9.84 Å². The standard InChI is InChI=1S/C7H10N2O3/c1-9-6(10)3-5(8-9)4-7(11)12-2/h3-4H2,1-2H3. The van der Waals surface area contributed by atoms with Gasteiger partial charge in [0.25, 0.3) is 0 Å². The van der Waals surface area contributed by atoms with Gasteiger partial charge in [0.1, 0.15) is 0 Å². The number of carbonyl (C=O) groups is 2. The molecule has 0 aromatic heterocycles. The minimum Gasteiger partial charge on any atom is -0.469 e. The number of hydrazone groups is 1. The maximum Gasteiger partial charge on any atom is 0.311 e. The van der Waals surface area contributed by atoms with Crippen molar-refractivity contribution in [2.75, 3.05) is 14.2 Å². The lowest BCUT2D eigenvalue weighted by atomic mass is 10.2. The van der Waals surface area contributed by atoms with Crippen molar-refractivity contribution in [3.05, 3.63) is 0 Å². The Morgan fingerprint density at radius 2 is 2.42 bits per heavy atom.